The predicted molar refractivity (Wildman–Crippen MR) is 64.0 cm³/mol. The number of pyridine rings is 1. The topological polar surface area (TPSA) is 57.7 Å². The second-order valence-electron chi connectivity index (χ2n) is 4.11. The van der Waals surface area contributed by atoms with Crippen molar-refractivity contribution in [2.45, 2.75) is 32.2 Å². The second kappa shape index (κ2) is 6.47. The van der Waals surface area contributed by atoms with E-state index in [-0.39, 0.29) is 6.29 Å². The smallest absolute Gasteiger partial charge is 0.356 e. The van der Waals surface area contributed by atoms with Crippen LogP contribution in [0.5, 0.6) is 0 Å². The highest BCUT2D eigenvalue weighted by Crippen LogP contribution is 2.15. The number of carbonyl (C=O) groups excluding carboxylic acids is 1. The Hall–Kier alpha value is -1.46. The van der Waals surface area contributed by atoms with E-state index < -0.39 is 5.97 Å². The zero-order chi connectivity index (χ0) is 12.8. The number of methoxy groups -OCH3 is 1. The Labute approximate surface area is 106 Å². The molecular weight excluding hydrogens is 234 g/mol. The Morgan fingerprint density at radius 1 is 1.50 bits per heavy atom. The number of rotatable bonds is 4. The molecule has 0 aromatic carbocycles. The highest BCUT2D eigenvalue weighted by Gasteiger charge is 2.14. The summed E-state index contributed by atoms with van der Waals surface area (Å²) in [4.78, 5) is 15.5. The standard InChI is InChI=1S/C13H17NO4/c1-16-13(15)11-6-4-5-10(14-11)9-18-12-7-2-3-8-17-12/h4-6,12H,2-3,7-9H2,1H3/t12-/m0/s1. The summed E-state index contributed by atoms with van der Waals surface area (Å²) in [7, 11) is 1.34. The Morgan fingerprint density at radius 3 is 3.11 bits per heavy atom. The first-order valence-corrected chi connectivity index (χ1v) is 6.07. The number of hydrogen-bond donors (Lipinski definition) is 0. The van der Waals surface area contributed by atoms with Crippen molar-refractivity contribution >= 4 is 5.97 Å². The lowest BCUT2D eigenvalue weighted by molar-refractivity contribution is -0.169. The molecule has 2 heterocycles. The molecule has 1 atom stereocenters. The van der Waals surface area contributed by atoms with Crippen molar-refractivity contribution in [1.82, 2.24) is 4.98 Å². The summed E-state index contributed by atoms with van der Waals surface area (Å²) in [5.41, 5.74) is 0.996. The van der Waals surface area contributed by atoms with Crippen LogP contribution >= 0.6 is 0 Å². The lowest BCUT2D eigenvalue weighted by Crippen LogP contribution is -2.22. The van der Waals surface area contributed by atoms with Crippen molar-refractivity contribution in [3.8, 4) is 0 Å². The van der Waals surface area contributed by atoms with E-state index >= 15 is 0 Å². The molecule has 2 rings (SSSR count). The Kier molecular flexibility index (Phi) is 4.66. The molecule has 1 aliphatic rings. The summed E-state index contributed by atoms with van der Waals surface area (Å²) in [6.07, 6.45) is 2.98. The molecular formula is C13H17NO4. The van der Waals surface area contributed by atoms with Gasteiger partial charge in [-0.2, -0.15) is 0 Å². The van der Waals surface area contributed by atoms with Gasteiger partial charge in [0.2, 0.25) is 0 Å². The Morgan fingerprint density at radius 2 is 2.39 bits per heavy atom. The quantitative estimate of drug-likeness (QED) is 0.765. The van der Waals surface area contributed by atoms with E-state index in [1.54, 1.807) is 12.1 Å². The maximum absolute atomic E-state index is 11.3. The molecule has 0 aliphatic carbocycles. The van der Waals surface area contributed by atoms with E-state index in [2.05, 4.69) is 9.72 Å². The monoisotopic (exact) mass is 251 g/mol. The summed E-state index contributed by atoms with van der Waals surface area (Å²) in [6, 6.07) is 5.20. The van der Waals surface area contributed by atoms with E-state index in [4.69, 9.17) is 9.47 Å². The van der Waals surface area contributed by atoms with E-state index in [0.29, 0.717) is 18.0 Å². The van der Waals surface area contributed by atoms with Gasteiger partial charge in [-0.25, -0.2) is 9.78 Å². The molecule has 1 saturated heterocycles. The molecule has 1 aromatic heterocycles. The maximum Gasteiger partial charge on any atom is 0.356 e. The number of esters is 1. The molecule has 5 heteroatoms. The van der Waals surface area contributed by atoms with Gasteiger partial charge >= 0.3 is 5.97 Å². The van der Waals surface area contributed by atoms with Gasteiger partial charge in [0.25, 0.3) is 0 Å². The van der Waals surface area contributed by atoms with Crippen LogP contribution in [0.15, 0.2) is 18.2 Å². The highest BCUT2D eigenvalue weighted by atomic mass is 16.7. The first kappa shape index (κ1) is 13.0. The van der Waals surface area contributed by atoms with Gasteiger partial charge in [-0.3, -0.25) is 0 Å². The van der Waals surface area contributed by atoms with Gasteiger partial charge in [-0.15, -0.1) is 0 Å². The lowest BCUT2D eigenvalue weighted by atomic mass is 10.2. The third kappa shape index (κ3) is 3.51. The SMILES string of the molecule is COC(=O)c1cccc(CO[C@H]2CCCCO2)n1. The molecule has 1 aromatic rings. The molecule has 0 amide bonds. The van der Waals surface area contributed by atoms with E-state index in [0.717, 1.165) is 25.9 Å². The summed E-state index contributed by atoms with van der Waals surface area (Å²) in [6.45, 7) is 1.09. The van der Waals surface area contributed by atoms with Crippen LogP contribution in [0.1, 0.15) is 35.4 Å². The van der Waals surface area contributed by atoms with E-state index in [9.17, 15) is 4.79 Å². The van der Waals surface area contributed by atoms with Gasteiger partial charge < -0.3 is 14.2 Å². The third-order valence-corrected chi connectivity index (χ3v) is 2.76. The molecule has 0 unspecified atom stereocenters. The van der Waals surface area contributed by atoms with Crippen molar-refractivity contribution < 1.29 is 19.0 Å². The van der Waals surface area contributed by atoms with Crippen LogP contribution in [-0.2, 0) is 20.8 Å². The van der Waals surface area contributed by atoms with Gasteiger partial charge in [0.05, 0.1) is 19.4 Å². The minimum Gasteiger partial charge on any atom is -0.464 e. The van der Waals surface area contributed by atoms with Crippen LogP contribution < -0.4 is 0 Å². The van der Waals surface area contributed by atoms with Crippen molar-refractivity contribution in [3.05, 3.63) is 29.6 Å². The van der Waals surface area contributed by atoms with Crippen LogP contribution in [0.3, 0.4) is 0 Å². The fourth-order valence-electron chi connectivity index (χ4n) is 1.80. The zero-order valence-electron chi connectivity index (χ0n) is 10.4. The molecule has 5 nitrogen and oxygen atoms in total. The molecule has 18 heavy (non-hydrogen) atoms. The fourth-order valence-corrected chi connectivity index (χ4v) is 1.80. The summed E-state index contributed by atoms with van der Waals surface area (Å²) >= 11 is 0. The molecule has 0 saturated carbocycles. The van der Waals surface area contributed by atoms with Crippen LogP contribution in [0.4, 0.5) is 0 Å². The number of hydrogen-bond acceptors (Lipinski definition) is 5. The number of aromatic nitrogens is 1. The van der Waals surface area contributed by atoms with E-state index in [1.807, 2.05) is 6.07 Å². The van der Waals surface area contributed by atoms with E-state index in [1.165, 1.54) is 7.11 Å². The number of carbonyl (C=O) groups is 1. The van der Waals surface area contributed by atoms with Crippen molar-refractivity contribution in [3.63, 3.8) is 0 Å². The second-order valence-corrected chi connectivity index (χ2v) is 4.11. The van der Waals surface area contributed by atoms with Crippen LogP contribution in [0, 0.1) is 0 Å². The summed E-state index contributed by atoms with van der Waals surface area (Å²) in [5, 5.41) is 0. The molecule has 0 N–H and O–H groups in total. The van der Waals surface area contributed by atoms with Crippen LogP contribution in [0.2, 0.25) is 0 Å². The maximum atomic E-state index is 11.3. The fraction of sp³-hybridized carbons (Fsp3) is 0.538. The third-order valence-electron chi connectivity index (χ3n) is 2.76. The first-order chi connectivity index (χ1) is 8.79. The molecule has 1 fully saturated rings. The highest BCUT2D eigenvalue weighted by molar-refractivity contribution is 5.87. The molecule has 1 aliphatic heterocycles. The molecule has 0 radical (unpaired) electrons. The minimum atomic E-state index is -0.439. The summed E-state index contributed by atoms with van der Waals surface area (Å²) in [5.74, 6) is -0.439. The summed E-state index contributed by atoms with van der Waals surface area (Å²) < 4.78 is 15.7. The first-order valence-electron chi connectivity index (χ1n) is 6.07. The van der Waals surface area contributed by atoms with Crippen LogP contribution in [-0.4, -0.2) is 31.0 Å². The van der Waals surface area contributed by atoms with Gasteiger partial charge in [0.15, 0.2) is 6.29 Å². The number of nitrogens with zero attached hydrogens (tertiary/aromatic N) is 1. The average molecular weight is 251 g/mol. The van der Waals surface area contributed by atoms with Gasteiger partial charge in [0, 0.05) is 6.61 Å². The molecule has 0 spiro atoms. The average Bonchev–Trinajstić information content (AvgIpc) is 2.45. The van der Waals surface area contributed by atoms with Gasteiger partial charge in [-0.05, 0) is 31.4 Å². The van der Waals surface area contributed by atoms with Gasteiger partial charge in [-0.1, -0.05) is 6.07 Å². The predicted octanol–water partition coefficient (Wildman–Crippen LogP) is 1.91. The van der Waals surface area contributed by atoms with Crippen molar-refractivity contribution in [2.75, 3.05) is 13.7 Å². The Balaban J connectivity index is 1.90. The van der Waals surface area contributed by atoms with Crippen molar-refractivity contribution in [2.24, 2.45) is 0 Å². The van der Waals surface area contributed by atoms with Gasteiger partial charge in [0.1, 0.15) is 5.69 Å². The van der Waals surface area contributed by atoms with Crippen molar-refractivity contribution in [1.29, 1.82) is 0 Å². The number of ether oxygens (including phenoxy) is 3. The normalized spacial score (nSPS) is 19.5. The Bertz CT molecular complexity index is 402. The molecule has 98 valence electrons. The lowest BCUT2D eigenvalue weighted by Gasteiger charge is -2.22. The largest absolute Gasteiger partial charge is 0.464 e. The zero-order valence-corrected chi connectivity index (χ0v) is 10.4. The molecule has 0 bridgehead atoms. The van der Waals surface area contributed by atoms with Crippen LogP contribution in [0.25, 0.3) is 0 Å². The minimum absolute atomic E-state index is 0.151.